The molecule has 0 saturated carbocycles. The van der Waals surface area contributed by atoms with Crippen LogP contribution in [0.3, 0.4) is 0 Å². The topological polar surface area (TPSA) is 0 Å². The highest BCUT2D eigenvalue weighted by molar-refractivity contribution is 6.43. The highest BCUT2D eigenvalue weighted by Gasteiger charge is 2.02. The molecule has 0 aliphatic carbocycles. The minimum atomic E-state index is 0.576. The molecule has 0 heterocycles. The van der Waals surface area contributed by atoms with Crippen molar-refractivity contribution >= 4 is 28.8 Å². The maximum Gasteiger partial charge on any atom is 0.0667 e. The molecular weight excluding hydrogens is 179 g/mol. The molecule has 0 spiro atoms. The number of benzene rings is 1. The lowest BCUT2D eigenvalue weighted by Crippen LogP contribution is -1.79. The van der Waals surface area contributed by atoms with Crippen LogP contribution in [0.4, 0.5) is 0 Å². The Bertz CT molecular complexity index is 290. The Kier molecular flexibility index (Phi) is 2.58. The van der Waals surface area contributed by atoms with Gasteiger partial charge in [-0.05, 0) is 24.1 Å². The average molecular weight is 187 g/mol. The second-order valence-electron chi connectivity index (χ2n) is 2.38. The molecule has 0 bridgehead atoms. The van der Waals surface area contributed by atoms with Gasteiger partial charge in [0.25, 0.3) is 0 Å². The van der Waals surface area contributed by atoms with Crippen LogP contribution in [0.5, 0.6) is 0 Å². The van der Waals surface area contributed by atoms with Crippen molar-refractivity contribution in [3.63, 3.8) is 0 Å². The molecule has 0 N–H and O–H groups in total. The van der Waals surface area contributed by atoms with E-state index >= 15 is 0 Å². The summed E-state index contributed by atoms with van der Waals surface area (Å²) in [6.45, 7) is 5.68. The fraction of sp³-hybridized carbons (Fsp3) is 0.111. The third kappa shape index (κ3) is 1.76. The summed E-state index contributed by atoms with van der Waals surface area (Å²) in [6, 6.07) is 5.52. The van der Waals surface area contributed by atoms with E-state index in [2.05, 4.69) is 6.58 Å². The molecule has 0 saturated heterocycles. The minimum Gasteiger partial charge on any atom is -0.0955 e. The summed E-state index contributed by atoms with van der Waals surface area (Å²) in [5.74, 6) is 0. The molecule has 58 valence electrons. The van der Waals surface area contributed by atoms with Gasteiger partial charge >= 0.3 is 0 Å². The monoisotopic (exact) mass is 186 g/mol. The predicted molar refractivity (Wildman–Crippen MR) is 51.2 cm³/mol. The van der Waals surface area contributed by atoms with E-state index in [0.29, 0.717) is 10.0 Å². The highest BCUT2D eigenvalue weighted by Crippen LogP contribution is 2.29. The Morgan fingerprint density at radius 2 is 2.00 bits per heavy atom. The van der Waals surface area contributed by atoms with Gasteiger partial charge in [0, 0.05) is 0 Å². The molecule has 11 heavy (non-hydrogen) atoms. The van der Waals surface area contributed by atoms with Gasteiger partial charge in [-0.1, -0.05) is 41.9 Å². The molecule has 0 fully saturated rings. The van der Waals surface area contributed by atoms with Gasteiger partial charge < -0.3 is 0 Å². The normalized spacial score (nSPS) is 9.73. The number of hydrogen-bond acceptors (Lipinski definition) is 0. The van der Waals surface area contributed by atoms with Crippen molar-refractivity contribution in [3.8, 4) is 0 Å². The summed E-state index contributed by atoms with van der Waals surface area (Å²) >= 11 is 11.7. The molecule has 0 unspecified atom stereocenters. The van der Waals surface area contributed by atoms with Crippen molar-refractivity contribution in [2.75, 3.05) is 0 Å². The Hall–Kier alpha value is -0.460. The third-order valence-corrected chi connectivity index (χ3v) is 2.23. The molecule has 1 rings (SSSR count). The molecule has 0 aliphatic rings. The highest BCUT2D eigenvalue weighted by atomic mass is 35.5. The van der Waals surface area contributed by atoms with Gasteiger partial charge in [0.15, 0.2) is 0 Å². The zero-order chi connectivity index (χ0) is 8.43. The van der Waals surface area contributed by atoms with E-state index < -0.39 is 0 Å². The maximum atomic E-state index is 5.90. The zero-order valence-electron chi connectivity index (χ0n) is 6.20. The van der Waals surface area contributed by atoms with Gasteiger partial charge in [-0.2, -0.15) is 0 Å². The average Bonchev–Trinajstić information content (AvgIpc) is 1.94. The van der Waals surface area contributed by atoms with E-state index in [4.69, 9.17) is 23.2 Å². The van der Waals surface area contributed by atoms with Crippen molar-refractivity contribution < 1.29 is 0 Å². The molecule has 2 heteroatoms. The first-order chi connectivity index (χ1) is 5.13. The molecule has 1 aromatic rings. The summed E-state index contributed by atoms with van der Waals surface area (Å²) in [6.07, 6.45) is 0. The predicted octanol–water partition coefficient (Wildman–Crippen LogP) is 4.03. The smallest absolute Gasteiger partial charge is 0.0667 e. The van der Waals surface area contributed by atoms with Crippen LogP contribution in [0.2, 0.25) is 10.0 Å². The molecule has 0 aliphatic heterocycles. The van der Waals surface area contributed by atoms with Crippen molar-refractivity contribution in [1.29, 1.82) is 0 Å². The molecule has 0 aromatic heterocycles. The Labute approximate surface area is 76.4 Å². The van der Waals surface area contributed by atoms with Gasteiger partial charge in [-0.15, -0.1) is 0 Å². The van der Waals surface area contributed by atoms with E-state index in [0.717, 1.165) is 11.1 Å². The quantitative estimate of drug-likeness (QED) is 0.622. The van der Waals surface area contributed by atoms with E-state index in [1.54, 1.807) is 6.07 Å². The maximum absolute atomic E-state index is 5.90. The molecule has 0 atom stereocenters. The first kappa shape index (κ1) is 8.63. The van der Waals surface area contributed by atoms with Crippen molar-refractivity contribution in [3.05, 3.63) is 40.4 Å². The van der Waals surface area contributed by atoms with Gasteiger partial charge in [0.05, 0.1) is 10.0 Å². The van der Waals surface area contributed by atoms with Crippen LogP contribution < -0.4 is 0 Å². The number of rotatable bonds is 1. The van der Waals surface area contributed by atoms with Crippen LogP contribution in [-0.4, -0.2) is 0 Å². The Balaban J connectivity index is 3.27. The molecule has 0 nitrogen and oxygen atoms in total. The van der Waals surface area contributed by atoms with Gasteiger partial charge in [0.1, 0.15) is 0 Å². The van der Waals surface area contributed by atoms with Crippen LogP contribution in [0, 0.1) is 0 Å². The van der Waals surface area contributed by atoms with Crippen molar-refractivity contribution in [2.24, 2.45) is 0 Å². The van der Waals surface area contributed by atoms with Crippen LogP contribution >= 0.6 is 23.2 Å². The number of halogens is 2. The van der Waals surface area contributed by atoms with Crippen LogP contribution in [0.25, 0.3) is 5.57 Å². The van der Waals surface area contributed by atoms with Crippen LogP contribution in [0.1, 0.15) is 12.5 Å². The van der Waals surface area contributed by atoms with E-state index in [9.17, 15) is 0 Å². The lowest BCUT2D eigenvalue weighted by molar-refractivity contribution is 1.58. The molecule has 0 radical (unpaired) electrons. The Morgan fingerprint density at radius 1 is 1.36 bits per heavy atom. The summed E-state index contributed by atoms with van der Waals surface area (Å²) in [5, 5.41) is 1.16. The van der Waals surface area contributed by atoms with Gasteiger partial charge in [-0.25, -0.2) is 0 Å². The SMILES string of the molecule is C=C(C)c1cccc(Cl)c1Cl. The summed E-state index contributed by atoms with van der Waals surface area (Å²) in [4.78, 5) is 0. The fourth-order valence-electron chi connectivity index (χ4n) is 0.833. The fourth-order valence-corrected chi connectivity index (χ4v) is 1.30. The second-order valence-corrected chi connectivity index (χ2v) is 3.17. The van der Waals surface area contributed by atoms with Crippen LogP contribution in [0.15, 0.2) is 24.8 Å². The second kappa shape index (κ2) is 3.29. The van der Waals surface area contributed by atoms with Gasteiger partial charge in [0.2, 0.25) is 0 Å². The minimum absolute atomic E-state index is 0.576. The van der Waals surface area contributed by atoms with E-state index in [1.807, 2.05) is 19.1 Å². The summed E-state index contributed by atoms with van der Waals surface area (Å²) in [7, 11) is 0. The lowest BCUT2D eigenvalue weighted by Gasteiger charge is -2.03. The molecule has 0 amide bonds. The summed E-state index contributed by atoms with van der Waals surface area (Å²) < 4.78 is 0. The molecular formula is C9H8Cl2. The summed E-state index contributed by atoms with van der Waals surface area (Å²) in [5.41, 5.74) is 1.84. The standard InChI is InChI=1S/C9H8Cl2/c1-6(2)7-4-3-5-8(10)9(7)11/h3-5H,1H2,2H3. The van der Waals surface area contributed by atoms with Crippen molar-refractivity contribution in [1.82, 2.24) is 0 Å². The zero-order valence-corrected chi connectivity index (χ0v) is 7.71. The van der Waals surface area contributed by atoms with E-state index in [-0.39, 0.29) is 0 Å². The number of allylic oxidation sites excluding steroid dienone is 1. The largest absolute Gasteiger partial charge is 0.0955 e. The Morgan fingerprint density at radius 3 is 2.45 bits per heavy atom. The number of hydrogen-bond donors (Lipinski definition) is 0. The van der Waals surface area contributed by atoms with Crippen molar-refractivity contribution in [2.45, 2.75) is 6.92 Å². The van der Waals surface area contributed by atoms with E-state index in [1.165, 1.54) is 0 Å². The van der Waals surface area contributed by atoms with Crippen LogP contribution in [-0.2, 0) is 0 Å². The van der Waals surface area contributed by atoms with Gasteiger partial charge in [-0.3, -0.25) is 0 Å². The third-order valence-electron chi connectivity index (χ3n) is 1.41. The first-order valence-corrected chi connectivity index (χ1v) is 3.98. The lowest BCUT2D eigenvalue weighted by atomic mass is 10.1. The first-order valence-electron chi connectivity index (χ1n) is 3.23. The molecule has 1 aromatic carbocycles.